The maximum Gasteiger partial charge on any atom is 0.342 e. The van der Waals surface area contributed by atoms with Crippen molar-refractivity contribution in [2.75, 3.05) is 6.61 Å². The summed E-state index contributed by atoms with van der Waals surface area (Å²) in [7, 11) is 0. The summed E-state index contributed by atoms with van der Waals surface area (Å²) in [6.45, 7) is 3.71. The first-order chi connectivity index (χ1) is 7.63. The van der Waals surface area contributed by atoms with Crippen molar-refractivity contribution in [3.05, 3.63) is 34.0 Å². The fourth-order valence-corrected chi connectivity index (χ4v) is 1.50. The zero-order chi connectivity index (χ0) is 11.7. The quantitative estimate of drug-likeness (QED) is 0.749. The Labute approximate surface area is 90.9 Å². The van der Waals surface area contributed by atoms with Crippen LogP contribution in [-0.4, -0.2) is 27.2 Å². The lowest BCUT2D eigenvalue weighted by molar-refractivity contribution is 0.0528. The van der Waals surface area contributed by atoms with Gasteiger partial charge in [-0.3, -0.25) is 4.79 Å². The smallest absolute Gasteiger partial charge is 0.342 e. The number of nitrogens with zero attached hydrogens (tertiary/aromatic N) is 2. The van der Waals surface area contributed by atoms with Crippen LogP contribution in [0.4, 0.5) is 0 Å². The average molecular weight is 221 g/mol. The third-order valence-corrected chi connectivity index (χ3v) is 2.13. The molecule has 16 heavy (non-hydrogen) atoms. The third kappa shape index (κ3) is 1.58. The van der Waals surface area contributed by atoms with E-state index in [9.17, 15) is 9.59 Å². The number of nitrogens with one attached hydrogen (secondary N) is 1. The molecule has 2 aromatic rings. The van der Waals surface area contributed by atoms with Gasteiger partial charge in [-0.15, -0.1) is 0 Å². The molecular weight excluding hydrogens is 210 g/mol. The van der Waals surface area contributed by atoms with E-state index in [1.165, 1.54) is 10.7 Å². The lowest BCUT2D eigenvalue weighted by Crippen LogP contribution is -2.15. The van der Waals surface area contributed by atoms with Gasteiger partial charge in [-0.1, -0.05) is 0 Å². The van der Waals surface area contributed by atoms with Crippen molar-refractivity contribution in [2.45, 2.75) is 13.8 Å². The van der Waals surface area contributed by atoms with Crippen LogP contribution in [0.3, 0.4) is 0 Å². The fourth-order valence-electron chi connectivity index (χ4n) is 1.50. The van der Waals surface area contributed by atoms with Gasteiger partial charge in [-0.2, -0.15) is 5.10 Å². The molecule has 2 rings (SSSR count). The van der Waals surface area contributed by atoms with E-state index in [-0.39, 0.29) is 23.2 Å². The molecule has 0 fully saturated rings. The minimum Gasteiger partial charge on any atom is -0.462 e. The van der Waals surface area contributed by atoms with E-state index < -0.39 is 5.97 Å². The molecular formula is C10H11N3O3. The van der Waals surface area contributed by atoms with Crippen molar-refractivity contribution in [1.82, 2.24) is 14.6 Å². The first-order valence-corrected chi connectivity index (χ1v) is 4.88. The van der Waals surface area contributed by atoms with Gasteiger partial charge in [0.25, 0.3) is 5.56 Å². The number of ether oxygens (including phenoxy) is 1. The van der Waals surface area contributed by atoms with Crippen molar-refractivity contribution < 1.29 is 9.53 Å². The summed E-state index contributed by atoms with van der Waals surface area (Å²) in [6, 6.07) is 0. The van der Waals surface area contributed by atoms with Crippen molar-refractivity contribution in [2.24, 2.45) is 0 Å². The molecule has 0 bridgehead atoms. The number of H-pyrrole nitrogens is 1. The Hall–Kier alpha value is -2.11. The first-order valence-electron chi connectivity index (χ1n) is 4.88. The van der Waals surface area contributed by atoms with Crippen LogP contribution >= 0.6 is 0 Å². The van der Waals surface area contributed by atoms with Gasteiger partial charge >= 0.3 is 5.97 Å². The molecule has 0 saturated carbocycles. The third-order valence-electron chi connectivity index (χ3n) is 2.13. The van der Waals surface area contributed by atoms with Gasteiger partial charge in [0.2, 0.25) is 0 Å². The summed E-state index contributed by atoms with van der Waals surface area (Å²) in [5, 5.41) is 3.94. The number of rotatable bonds is 2. The minimum absolute atomic E-state index is 0.183. The van der Waals surface area contributed by atoms with E-state index in [1.54, 1.807) is 20.0 Å². The summed E-state index contributed by atoms with van der Waals surface area (Å²) >= 11 is 0. The maximum atomic E-state index is 11.7. The second-order valence-electron chi connectivity index (χ2n) is 3.34. The number of carbonyl (C=O) groups is 1. The van der Waals surface area contributed by atoms with E-state index in [2.05, 4.69) is 10.1 Å². The highest BCUT2D eigenvalue weighted by molar-refractivity contribution is 5.96. The Bertz CT molecular complexity index is 597. The molecule has 0 aliphatic rings. The highest BCUT2D eigenvalue weighted by atomic mass is 16.5. The standard InChI is InChI=1S/C10H11N3O3/c1-3-16-10(15)7-4-11-13-5-6(2)12-9(14)8(7)13/h4-5H,3H2,1-2H3,(H,12,14). The molecule has 0 atom stereocenters. The number of esters is 1. The van der Waals surface area contributed by atoms with E-state index in [1.807, 2.05) is 0 Å². The Morgan fingerprint density at radius 3 is 3.06 bits per heavy atom. The van der Waals surface area contributed by atoms with Gasteiger partial charge in [-0.25, -0.2) is 9.31 Å². The van der Waals surface area contributed by atoms with Crippen molar-refractivity contribution >= 4 is 11.5 Å². The number of hydrogen-bond acceptors (Lipinski definition) is 4. The summed E-state index contributed by atoms with van der Waals surface area (Å²) in [6.07, 6.45) is 2.97. The molecule has 0 spiro atoms. The molecule has 84 valence electrons. The van der Waals surface area contributed by atoms with Gasteiger partial charge in [0.15, 0.2) is 0 Å². The van der Waals surface area contributed by atoms with E-state index in [0.717, 1.165) is 0 Å². The zero-order valence-electron chi connectivity index (χ0n) is 8.98. The van der Waals surface area contributed by atoms with Gasteiger partial charge in [0.1, 0.15) is 11.1 Å². The number of carbonyl (C=O) groups excluding carboxylic acids is 1. The Balaban J connectivity index is 2.65. The molecule has 0 radical (unpaired) electrons. The Morgan fingerprint density at radius 2 is 2.38 bits per heavy atom. The van der Waals surface area contributed by atoms with E-state index >= 15 is 0 Å². The molecule has 2 heterocycles. The summed E-state index contributed by atoms with van der Waals surface area (Å²) in [4.78, 5) is 25.8. The molecule has 0 aliphatic carbocycles. The SMILES string of the molecule is CCOC(=O)c1cnn2cc(C)[nH]c(=O)c12. The molecule has 0 aromatic carbocycles. The van der Waals surface area contributed by atoms with Crippen LogP contribution in [0.25, 0.3) is 5.52 Å². The lowest BCUT2D eigenvalue weighted by Gasteiger charge is -1.99. The molecule has 6 nitrogen and oxygen atoms in total. The monoisotopic (exact) mass is 221 g/mol. The zero-order valence-corrected chi connectivity index (χ0v) is 8.98. The van der Waals surface area contributed by atoms with Crippen molar-refractivity contribution in [3.63, 3.8) is 0 Å². The largest absolute Gasteiger partial charge is 0.462 e. The van der Waals surface area contributed by atoms with E-state index in [0.29, 0.717) is 5.69 Å². The normalized spacial score (nSPS) is 10.6. The Kier molecular flexibility index (Phi) is 2.47. The van der Waals surface area contributed by atoms with Gasteiger partial charge < -0.3 is 9.72 Å². The van der Waals surface area contributed by atoms with Gasteiger partial charge in [-0.05, 0) is 13.8 Å². The second-order valence-corrected chi connectivity index (χ2v) is 3.34. The van der Waals surface area contributed by atoms with E-state index in [4.69, 9.17) is 4.74 Å². The topological polar surface area (TPSA) is 76.5 Å². The van der Waals surface area contributed by atoms with Crippen LogP contribution in [0, 0.1) is 6.92 Å². The molecule has 0 aliphatic heterocycles. The molecule has 0 saturated heterocycles. The predicted molar refractivity (Wildman–Crippen MR) is 56.5 cm³/mol. The highest BCUT2D eigenvalue weighted by Crippen LogP contribution is 2.07. The molecule has 0 unspecified atom stereocenters. The van der Waals surface area contributed by atoms with Crippen LogP contribution in [-0.2, 0) is 4.74 Å². The fraction of sp³-hybridized carbons (Fsp3) is 0.300. The van der Waals surface area contributed by atoms with Gasteiger partial charge in [0, 0.05) is 11.9 Å². The van der Waals surface area contributed by atoms with Crippen molar-refractivity contribution in [1.29, 1.82) is 0 Å². The predicted octanol–water partition coefficient (Wildman–Crippen LogP) is 0.508. The van der Waals surface area contributed by atoms with Crippen LogP contribution < -0.4 is 5.56 Å². The van der Waals surface area contributed by atoms with Crippen LogP contribution in [0.15, 0.2) is 17.2 Å². The minimum atomic E-state index is -0.535. The second kappa shape index (κ2) is 3.80. The van der Waals surface area contributed by atoms with Crippen LogP contribution in [0.2, 0.25) is 0 Å². The molecule has 2 aromatic heterocycles. The summed E-state index contributed by atoms with van der Waals surface area (Å²) in [5.74, 6) is -0.535. The first kappa shape index (κ1) is 10.4. The average Bonchev–Trinajstić information content (AvgIpc) is 2.61. The Morgan fingerprint density at radius 1 is 1.62 bits per heavy atom. The number of hydrogen-bond donors (Lipinski definition) is 1. The van der Waals surface area contributed by atoms with Gasteiger partial charge in [0.05, 0.1) is 12.8 Å². The maximum absolute atomic E-state index is 11.7. The van der Waals surface area contributed by atoms with Crippen LogP contribution in [0.1, 0.15) is 23.0 Å². The number of fused-ring (bicyclic) bond motifs is 1. The summed E-state index contributed by atoms with van der Waals surface area (Å²) < 4.78 is 6.21. The number of aromatic nitrogens is 3. The molecule has 1 N–H and O–H groups in total. The summed E-state index contributed by atoms with van der Waals surface area (Å²) in [5.41, 5.74) is 0.726. The number of aryl methyl sites for hydroxylation is 1. The lowest BCUT2D eigenvalue weighted by atomic mass is 10.3. The molecule has 6 heteroatoms. The highest BCUT2D eigenvalue weighted by Gasteiger charge is 2.16. The van der Waals surface area contributed by atoms with Crippen molar-refractivity contribution in [3.8, 4) is 0 Å². The van der Waals surface area contributed by atoms with Crippen LogP contribution in [0.5, 0.6) is 0 Å². The number of aromatic amines is 1. The molecule has 0 amide bonds.